The molecular formula is C25H26N6O2S. The molecule has 1 atom stereocenters. The summed E-state index contributed by atoms with van der Waals surface area (Å²) in [4.78, 5) is 16.4. The lowest BCUT2D eigenvalue weighted by Gasteiger charge is -2.33. The number of nitrogen functional groups attached to an aromatic ring is 1. The van der Waals surface area contributed by atoms with Crippen molar-refractivity contribution in [2.24, 2.45) is 5.73 Å². The first-order valence-corrected chi connectivity index (χ1v) is 13.0. The van der Waals surface area contributed by atoms with Crippen molar-refractivity contribution in [3.05, 3.63) is 60.9 Å². The summed E-state index contributed by atoms with van der Waals surface area (Å²) in [6.07, 6.45) is 6.79. The lowest BCUT2D eigenvalue weighted by atomic mass is 10.0. The van der Waals surface area contributed by atoms with E-state index in [9.17, 15) is 8.42 Å². The van der Waals surface area contributed by atoms with Crippen LogP contribution in [0.2, 0.25) is 0 Å². The third kappa shape index (κ3) is 4.32. The highest BCUT2D eigenvalue weighted by molar-refractivity contribution is 7.90. The molecule has 34 heavy (non-hydrogen) atoms. The van der Waals surface area contributed by atoms with Crippen molar-refractivity contribution in [1.29, 1.82) is 0 Å². The summed E-state index contributed by atoms with van der Waals surface area (Å²) in [6, 6.07) is 14.4. The highest BCUT2D eigenvalue weighted by atomic mass is 32.2. The number of hydrogen-bond donors (Lipinski definition) is 2. The number of aromatic nitrogens is 3. The number of benzene rings is 1. The van der Waals surface area contributed by atoms with Crippen LogP contribution >= 0.6 is 0 Å². The molecule has 0 saturated carbocycles. The van der Waals surface area contributed by atoms with Gasteiger partial charge in [-0.1, -0.05) is 12.1 Å². The molecule has 0 radical (unpaired) electrons. The number of piperidine rings is 1. The smallest absolute Gasteiger partial charge is 0.175 e. The topological polar surface area (TPSA) is 128 Å². The van der Waals surface area contributed by atoms with Crippen LogP contribution in [-0.2, 0) is 9.84 Å². The Bertz CT molecular complexity index is 1490. The van der Waals surface area contributed by atoms with Gasteiger partial charge in [0, 0.05) is 48.2 Å². The van der Waals surface area contributed by atoms with Crippen molar-refractivity contribution in [2.75, 3.05) is 30.0 Å². The minimum Gasteiger partial charge on any atom is -0.397 e. The fourth-order valence-corrected chi connectivity index (χ4v) is 5.06. The maximum absolute atomic E-state index is 12.0. The van der Waals surface area contributed by atoms with Gasteiger partial charge in [0.15, 0.2) is 9.84 Å². The predicted octanol–water partition coefficient (Wildman–Crippen LogP) is 3.27. The van der Waals surface area contributed by atoms with Crippen LogP contribution in [0.4, 0.5) is 11.4 Å². The monoisotopic (exact) mass is 474 g/mol. The zero-order chi connectivity index (χ0) is 23.9. The normalized spacial score (nSPS) is 16.6. The van der Waals surface area contributed by atoms with Gasteiger partial charge in [0.1, 0.15) is 5.69 Å². The van der Waals surface area contributed by atoms with Crippen LogP contribution in [0.15, 0.2) is 65.8 Å². The molecule has 4 heterocycles. The Kier molecular flexibility index (Phi) is 5.66. The molecule has 1 aromatic carbocycles. The van der Waals surface area contributed by atoms with Crippen LogP contribution in [0.5, 0.6) is 0 Å². The molecule has 1 aliphatic heterocycles. The molecule has 1 fully saturated rings. The number of nitrogens with zero attached hydrogens (tertiary/aromatic N) is 4. The van der Waals surface area contributed by atoms with Crippen molar-refractivity contribution < 1.29 is 8.42 Å². The third-order valence-corrected chi connectivity index (χ3v) is 7.24. The van der Waals surface area contributed by atoms with Crippen molar-refractivity contribution in [1.82, 2.24) is 15.0 Å². The van der Waals surface area contributed by atoms with E-state index in [4.69, 9.17) is 16.5 Å². The molecule has 8 nitrogen and oxygen atoms in total. The third-order valence-electron chi connectivity index (χ3n) is 6.13. The summed E-state index contributed by atoms with van der Waals surface area (Å²) >= 11 is 0. The van der Waals surface area contributed by atoms with Gasteiger partial charge in [-0.3, -0.25) is 9.97 Å². The standard InChI is InChI=1S/C25H26N6O2S/c1-34(32,33)18-6-2-4-16(12-18)21-8-7-20(27)25(30-21)22-13-19-23(14-29-22)28-10-9-24(19)31-11-3-5-17(26)15-31/h2,4,6-10,12-14,17H,3,5,11,15,26-27H2,1H3. The molecule has 1 unspecified atom stereocenters. The lowest BCUT2D eigenvalue weighted by Crippen LogP contribution is -2.42. The van der Waals surface area contributed by atoms with Crippen LogP contribution in [0.1, 0.15) is 12.8 Å². The molecule has 0 aliphatic carbocycles. The predicted molar refractivity (Wildman–Crippen MR) is 135 cm³/mol. The molecule has 5 rings (SSSR count). The second kappa shape index (κ2) is 8.66. The average Bonchev–Trinajstić information content (AvgIpc) is 2.83. The number of anilines is 2. The molecule has 0 bridgehead atoms. The van der Waals surface area contributed by atoms with E-state index < -0.39 is 9.84 Å². The Morgan fingerprint density at radius 1 is 1.06 bits per heavy atom. The van der Waals surface area contributed by atoms with Gasteiger partial charge < -0.3 is 16.4 Å². The van der Waals surface area contributed by atoms with Crippen LogP contribution in [0.3, 0.4) is 0 Å². The Labute approximate surface area is 198 Å². The van der Waals surface area contributed by atoms with Gasteiger partial charge in [0.25, 0.3) is 0 Å². The molecular weight excluding hydrogens is 448 g/mol. The molecule has 1 saturated heterocycles. The molecule has 0 spiro atoms. The Morgan fingerprint density at radius 2 is 1.91 bits per heavy atom. The Hall–Kier alpha value is -3.56. The SMILES string of the molecule is CS(=O)(=O)c1cccc(-c2ccc(N)c(-c3cc4c(N5CCCC(N)C5)ccnc4cn3)n2)c1. The maximum Gasteiger partial charge on any atom is 0.175 e. The molecule has 4 aromatic rings. The first-order chi connectivity index (χ1) is 16.3. The zero-order valence-corrected chi connectivity index (χ0v) is 19.7. The van der Waals surface area contributed by atoms with Gasteiger partial charge in [-0.15, -0.1) is 0 Å². The van der Waals surface area contributed by atoms with E-state index in [1.54, 1.807) is 42.7 Å². The van der Waals surface area contributed by atoms with Gasteiger partial charge in [0.05, 0.1) is 33.7 Å². The summed E-state index contributed by atoms with van der Waals surface area (Å²) in [7, 11) is -3.33. The zero-order valence-electron chi connectivity index (χ0n) is 18.8. The van der Waals surface area contributed by atoms with Crippen LogP contribution in [-0.4, -0.2) is 48.8 Å². The minimum absolute atomic E-state index is 0.148. The second-order valence-electron chi connectivity index (χ2n) is 8.70. The van der Waals surface area contributed by atoms with Crippen molar-refractivity contribution in [3.8, 4) is 22.6 Å². The van der Waals surface area contributed by atoms with E-state index in [1.807, 2.05) is 18.2 Å². The highest BCUT2D eigenvalue weighted by Crippen LogP contribution is 2.33. The molecule has 0 amide bonds. The number of rotatable bonds is 4. The van der Waals surface area contributed by atoms with Crippen LogP contribution < -0.4 is 16.4 Å². The van der Waals surface area contributed by atoms with E-state index in [0.717, 1.165) is 42.5 Å². The number of sulfone groups is 1. The van der Waals surface area contributed by atoms with Gasteiger partial charge in [-0.25, -0.2) is 13.4 Å². The molecule has 9 heteroatoms. The molecule has 3 aromatic heterocycles. The lowest BCUT2D eigenvalue weighted by molar-refractivity contribution is 0.507. The number of hydrogen-bond acceptors (Lipinski definition) is 8. The minimum atomic E-state index is -3.33. The van der Waals surface area contributed by atoms with Gasteiger partial charge in [-0.2, -0.15) is 0 Å². The fraction of sp³-hybridized carbons (Fsp3) is 0.240. The van der Waals surface area contributed by atoms with Gasteiger partial charge >= 0.3 is 0 Å². The van der Waals surface area contributed by atoms with Gasteiger partial charge in [-0.05, 0) is 49.2 Å². The fourth-order valence-electron chi connectivity index (χ4n) is 4.39. The highest BCUT2D eigenvalue weighted by Gasteiger charge is 2.20. The number of fused-ring (bicyclic) bond motifs is 1. The average molecular weight is 475 g/mol. The second-order valence-corrected chi connectivity index (χ2v) is 10.7. The van der Waals surface area contributed by atoms with Crippen LogP contribution in [0, 0.1) is 0 Å². The van der Waals surface area contributed by atoms with Gasteiger partial charge in [0.2, 0.25) is 0 Å². The molecule has 4 N–H and O–H groups in total. The Balaban J connectivity index is 1.60. The van der Waals surface area contributed by atoms with Crippen molar-refractivity contribution in [3.63, 3.8) is 0 Å². The quantitative estimate of drug-likeness (QED) is 0.461. The Morgan fingerprint density at radius 3 is 2.71 bits per heavy atom. The molecule has 174 valence electrons. The van der Waals surface area contributed by atoms with Crippen molar-refractivity contribution in [2.45, 2.75) is 23.8 Å². The first kappa shape index (κ1) is 22.2. The summed E-state index contributed by atoms with van der Waals surface area (Å²) < 4.78 is 24.0. The number of pyridine rings is 3. The first-order valence-electron chi connectivity index (χ1n) is 11.1. The van der Waals surface area contributed by atoms with Crippen molar-refractivity contribution >= 4 is 32.1 Å². The number of nitrogens with two attached hydrogens (primary N) is 2. The summed E-state index contributed by atoms with van der Waals surface area (Å²) in [6.45, 7) is 1.74. The summed E-state index contributed by atoms with van der Waals surface area (Å²) in [5.41, 5.74) is 17.3. The summed E-state index contributed by atoms with van der Waals surface area (Å²) in [5, 5.41) is 0.965. The maximum atomic E-state index is 12.0. The molecule has 1 aliphatic rings. The van der Waals surface area contributed by atoms with E-state index in [1.165, 1.54) is 6.26 Å². The van der Waals surface area contributed by atoms with E-state index in [2.05, 4.69) is 14.9 Å². The van der Waals surface area contributed by atoms with Crippen LogP contribution in [0.25, 0.3) is 33.5 Å². The van der Waals surface area contributed by atoms with E-state index in [0.29, 0.717) is 28.3 Å². The largest absolute Gasteiger partial charge is 0.397 e. The van der Waals surface area contributed by atoms with E-state index >= 15 is 0 Å². The van der Waals surface area contributed by atoms with E-state index in [-0.39, 0.29) is 10.9 Å². The summed E-state index contributed by atoms with van der Waals surface area (Å²) in [5.74, 6) is 0.